The molecule has 1 N–H and O–H groups in total. The first-order valence-corrected chi connectivity index (χ1v) is 10.7. The van der Waals surface area contributed by atoms with Crippen molar-refractivity contribution >= 4 is 27.5 Å². The maximum atomic E-state index is 13.1. The number of hydrogen-bond acceptors (Lipinski definition) is 4. The molecule has 0 heterocycles. The lowest BCUT2D eigenvalue weighted by Gasteiger charge is -2.23. The predicted octanol–water partition coefficient (Wildman–Crippen LogP) is 2.72. The Hall–Kier alpha value is -1.93. The van der Waals surface area contributed by atoms with Crippen LogP contribution in [-0.4, -0.2) is 51.5 Å². The van der Waals surface area contributed by atoms with Gasteiger partial charge in [-0.15, -0.1) is 0 Å². The van der Waals surface area contributed by atoms with Crippen molar-refractivity contribution < 1.29 is 17.9 Å². The summed E-state index contributed by atoms with van der Waals surface area (Å²) in [5.74, 6) is -0.379. The van der Waals surface area contributed by atoms with Gasteiger partial charge in [-0.05, 0) is 43.2 Å². The van der Waals surface area contributed by atoms with Gasteiger partial charge in [0, 0.05) is 24.7 Å². The fraction of sp³-hybridized carbons (Fsp3) is 0.350. The average molecular weight is 425 g/mol. The molecule has 0 aliphatic carbocycles. The van der Waals surface area contributed by atoms with E-state index in [0.717, 1.165) is 5.56 Å². The SMILES string of the molecule is COC[C@@H](C)NC(=O)CN(CCc1ccccc1)S(=O)(=O)c1ccc(Cl)cc1. The Bertz CT molecular complexity index is 858. The van der Waals surface area contributed by atoms with Crippen LogP contribution in [0.4, 0.5) is 0 Å². The zero-order chi connectivity index (χ0) is 20.6. The quantitative estimate of drug-likeness (QED) is 0.636. The molecule has 0 aliphatic rings. The summed E-state index contributed by atoms with van der Waals surface area (Å²) in [5, 5.41) is 3.20. The fourth-order valence-electron chi connectivity index (χ4n) is 2.71. The van der Waals surface area contributed by atoms with Crippen LogP contribution >= 0.6 is 11.6 Å². The van der Waals surface area contributed by atoms with Gasteiger partial charge in [-0.3, -0.25) is 4.79 Å². The summed E-state index contributed by atoms with van der Waals surface area (Å²) in [5.41, 5.74) is 0.993. The lowest BCUT2D eigenvalue weighted by atomic mass is 10.1. The molecule has 0 unspecified atom stereocenters. The van der Waals surface area contributed by atoms with Gasteiger partial charge in [0.15, 0.2) is 0 Å². The van der Waals surface area contributed by atoms with Gasteiger partial charge in [0.1, 0.15) is 0 Å². The highest BCUT2D eigenvalue weighted by molar-refractivity contribution is 7.89. The van der Waals surface area contributed by atoms with Crippen LogP contribution in [0.1, 0.15) is 12.5 Å². The maximum Gasteiger partial charge on any atom is 0.243 e. The Morgan fingerprint density at radius 1 is 1.14 bits per heavy atom. The third kappa shape index (κ3) is 6.60. The van der Waals surface area contributed by atoms with Crippen LogP contribution < -0.4 is 5.32 Å². The largest absolute Gasteiger partial charge is 0.383 e. The third-order valence-corrected chi connectivity index (χ3v) is 6.20. The van der Waals surface area contributed by atoms with Crippen molar-refractivity contribution in [2.45, 2.75) is 24.3 Å². The number of carbonyl (C=O) groups excluding carboxylic acids is 1. The first-order valence-electron chi connectivity index (χ1n) is 8.91. The van der Waals surface area contributed by atoms with E-state index in [2.05, 4.69) is 5.32 Å². The smallest absolute Gasteiger partial charge is 0.243 e. The van der Waals surface area contributed by atoms with Crippen LogP contribution in [0.3, 0.4) is 0 Å². The molecule has 0 saturated carbocycles. The molecule has 8 heteroatoms. The van der Waals surface area contributed by atoms with Crippen LogP contribution in [0.25, 0.3) is 0 Å². The third-order valence-electron chi connectivity index (χ3n) is 4.09. The highest BCUT2D eigenvalue weighted by Gasteiger charge is 2.27. The van der Waals surface area contributed by atoms with Crippen molar-refractivity contribution in [3.63, 3.8) is 0 Å². The Labute approximate surface area is 171 Å². The number of rotatable bonds is 10. The Kier molecular flexibility index (Phi) is 8.44. The van der Waals surface area contributed by atoms with Crippen LogP contribution in [0, 0.1) is 0 Å². The van der Waals surface area contributed by atoms with E-state index in [4.69, 9.17) is 16.3 Å². The highest BCUT2D eigenvalue weighted by Crippen LogP contribution is 2.19. The van der Waals surface area contributed by atoms with Gasteiger partial charge in [0.2, 0.25) is 15.9 Å². The molecule has 2 aromatic carbocycles. The normalized spacial score (nSPS) is 12.7. The van der Waals surface area contributed by atoms with Crippen LogP contribution in [0.15, 0.2) is 59.5 Å². The van der Waals surface area contributed by atoms with Crippen LogP contribution in [-0.2, 0) is 26.0 Å². The van der Waals surface area contributed by atoms with Gasteiger partial charge in [0.25, 0.3) is 0 Å². The average Bonchev–Trinajstić information content (AvgIpc) is 2.66. The number of ether oxygens (including phenoxy) is 1. The summed E-state index contributed by atoms with van der Waals surface area (Å²) in [6, 6.07) is 15.2. The Morgan fingerprint density at radius 3 is 2.39 bits per heavy atom. The molecule has 0 bridgehead atoms. The van der Waals surface area contributed by atoms with E-state index < -0.39 is 10.0 Å². The number of hydrogen-bond donors (Lipinski definition) is 1. The topological polar surface area (TPSA) is 75.7 Å². The molecule has 1 amide bonds. The second kappa shape index (κ2) is 10.6. The van der Waals surface area contributed by atoms with Gasteiger partial charge in [-0.2, -0.15) is 4.31 Å². The van der Waals surface area contributed by atoms with E-state index in [1.807, 2.05) is 30.3 Å². The number of nitrogens with one attached hydrogen (secondary N) is 1. The standard InChI is InChI=1S/C20H25ClN2O4S/c1-16(15-27-2)22-20(24)14-23(13-12-17-6-4-3-5-7-17)28(25,26)19-10-8-18(21)9-11-19/h3-11,16H,12-15H2,1-2H3,(H,22,24)/t16-/m1/s1. The van der Waals surface area contributed by atoms with Gasteiger partial charge in [-0.25, -0.2) is 8.42 Å². The zero-order valence-corrected chi connectivity index (χ0v) is 17.5. The molecule has 0 aromatic heterocycles. The van der Waals surface area contributed by atoms with E-state index in [0.29, 0.717) is 18.1 Å². The lowest BCUT2D eigenvalue weighted by molar-refractivity contribution is -0.122. The molecular weight excluding hydrogens is 400 g/mol. The fourth-order valence-corrected chi connectivity index (χ4v) is 4.23. The second-order valence-corrected chi connectivity index (χ2v) is 8.83. The molecule has 1 atom stereocenters. The summed E-state index contributed by atoms with van der Waals surface area (Å²) in [6.07, 6.45) is 0.495. The molecule has 0 saturated heterocycles. The minimum Gasteiger partial charge on any atom is -0.383 e. The summed E-state index contributed by atoms with van der Waals surface area (Å²) < 4.78 is 32.4. The van der Waals surface area contributed by atoms with E-state index in [-0.39, 0.29) is 29.9 Å². The van der Waals surface area contributed by atoms with Gasteiger partial charge in [-0.1, -0.05) is 41.9 Å². The van der Waals surface area contributed by atoms with E-state index in [1.165, 1.54) is 28.6 Å². The van der Waals surface area contributed by atoms with Crippen LogP contribution in [0.5, 0.6) is 0 Å². The number of sulfonamides is 1. The van der Waals surface area contributed by atoms with Crippen molar-refractivity contribution in [2.75, 3.05) is 26.8 Å². The van der Waals surface area contributed by atoms with E-state index in [1.54, 1.807) is 14.0 Å². The molecule has 28 heavy (non-hydrogen) atoms. The number of nitrogens with zero attached hydrogens (tertiary/aromatic N) is 1. The molecule has 152 valence electrons. The predicted molar refractivity (Wildman–Crippen MR) is 110 cm³/mol. The van der Waals surface area contributed by atoms with Crippen molar-refractivity contribution in [1.82, 2.24) is 9.62 Å². The lowest BCUT2D eigenvalue weighted by Crippen LogP contribution is -2.45. The Balaban J connectivity index is 2.19. The molecule has 0 fully saturated rings. The molecule has 0 aliphatic heterocycles. The summed E-state index contributed by atoms with van der Waals surface area (Å²) in [6.45, 7) is 2.05. The molecule has 0 radical (unpaired) electrons. The molecule has 0 spiro atoms. The zero-order valence-electron chi connectivity index (χ0n) is 16.0. The van der Waals surface area contributed by atoms with E-state index >= 15 is 0 Å². The monoisotopic (exact) mass is 424 g/mol. The minimum absolute atomic E-state index is 0.0997. The highest BCUT2D eigenvalue weighted by atomic mass is 35.5. The molecular formula is C20H25ClN2O4S. The minimum atomic E-state index is -3.85. The Morgan fingerprint density at radius 2 is 1.79 bits per heavy atom. The number of amides is 1. The number of benzene rings is 2. The summed E-state index contributed by atoms with van der Waals surface area (Å²) in [4.78, 5) is 12.5. The number of methoxy groups -OCH3 is 1. The van der Waals surface area contributed by atoms with Crippen molar-refractivity contribution in [2.24, 2.45) is 0 Å². The van der Waals surface area contributed by atoms with Crippen molar-refractivity contribution in [3.05, 3.63) is 65.2 Å². The summed E-state index contributed by atoms with van der Waals surface area (Å²) >= 11 is 5.87. The van der Waals surface area contributed by atoms with Crippen molar-refractivity contribution in [3.8, 4) is 0 Å². The van der Waals surface area contributed by atoms with Gasteiger partial charge in [0.05, 0.1) is 18.0 Å². The second-order valence-electron chi connectivity index (χ2n) is 6.45. The van der Waals surface area contributed by atoms with Crippen LogP contribution in [0.2, 0.25) is 5.02 Å². The van der Waals surface area contributed by atoms with Crippen molar-refractivity contribution in [1.29, 1.82) is 0 Å². The number of carbonyl (C=O) groups is 1. The molecule has 6 nitrogen and oxygen atoms in total. The maximum absolute atomic E-state index is 13.1. The van der Waals surface area contributed by atoms with Gasteiger partial charge < -0.3 is 10.1 Å². The molecule has 2 aromatic rings. The van der Waals surface area contributed by atoms with E-state index in [9.17, 15) is 13.2 Å². The summed E-state index contributed by atoms with van der Waals surface area (Å²) in [7, 11) is -2.31. The number of halogens is 1. The first kappa shape index (κ1) is 22.4. The first-order chi connectivity index (χ1) is 13.3. The van der Waals surface area contributed by atoms with Gasteiger partial charge >= 0.3 is 0 Å². The molecule has 2 rings (SSSR count).